The van der Waals surface area contributed by atoms with Crippen LogP contribution >= 0.6 is 0 Å². The van der Waals surface area contributed by atoms with Crippen molar-refractivity contribution in [1.82, 2.24) is 26.1 Å². The van der Waals surface area contributed by atoms with Crippen molar-refractivity contribution >= 4 is 11.8 Å². The first kappa shape index (κ1) is 30.4. The van der Waals surface area contributed by atoms with Crippen LogP contribution in [0.2, 0.25) is 0 Å². The number of carbonyl (C=O) groups excluding carboxylic acids is 2. The van der Waals surface area contributed by atoms with Gasteiger partial charge in [-0.25, -0.2) is 0 Å². The van der Waals surface area contributed by atoms with E-state index >= 15 is 0 Å². The highest BCUT2D eigenvalue weighted by atomic mass is 19.1. The maximum atomic E-state index is 13.1. The molecule has 1 aromatic heterocycles. The zero-order valence-electron chi connectivity index (χ0n) is 22.0. The summed E-state index contributed by atoms with van der Waals surface area (Å²) in [5.41, 5.74) is 0.827. The minimum Gasteiger partial charge on any atom is -0.391 e. The second kappa shape index (κ2) is 14.3. The van der Waals surface area contributed by atoms with Gasteiger partial charge in [0.1, 0.15) is 36.2 Å². The Morgan fingerprint density at radius 3 is 2.61 bits per heavy atom. The van der Waals surface area contributed by atoms with Gasteiger partial charge in [-0.2, -0.15) is 5.10 Å². The molecule has 12 nitrogen and oxygen atoms in total. The predicted molar refractivity (Wildman–Crippen MR) is 135 cm³/mol. The van der Waals surface area contributed by atoms with Gasteiger partial charge in [-0.3, -0.25) is 19.1 Å². The van der Waals surface area contributed by atoms with Crippen molar-refractivity contribution in [3.8, 4) is 0 Å². The lowest BCUT2D eigenvalue weighted by molar-refractivity contribution is -0.231. The first-order valence-electron chi connectivity index (χ1n) is 13.4. The van der Waals surface area contributed by atoms with Gasteiger partial charge in [0.05, 0.1) is 30.6 Å². The van der Waals surface area contributed by atoms with Crippen molar-refractivity contribution in [2.45, 2.75) is 101 Å². The predicted octanol–water partition coefficient (Wildman–Crippen LogP) is -0.938. The molecule has 216 valence electrons. The molecular formula is C25H42FN5O7. The van der Waals surface area contributed by atoms with Gasteiger partial charge in [-0.15, -0.1) is 0 Å². The molecule has 3 unspecified atom stereocenters. The highest BCUT2D eigenvalue weighted by molar-refractivity contribution is 5.92. The number of unbranched alkanes of at least 4 members (excludes halogenated alkanes) is 1. The van der Waals surface area contributed by atoms with E-state index in [2.05, 4.69) is 26.1 Å². The summed E-state index contributed by atoms with van der Waals surface area (Å²) >= 11 is 0. The van der Waals surface area contributed by atoms with Crippen LogP contribution in [0.25, 0.3) is 0 Å². The second-order valence-electron chi connectivity index (χ2n) is 10.4. The molecule has 8 N–H and O–H groups in total. The minimum absolute atomic E-state index is 0.202. The first-order valence-corrected chi connectivity index (χ1v) is 13.4. The van der Waals surface area contributed by atoms with Crippen LogP contribution in [-0.4, -0.2) is 111 Å². The first-order chi connectivity index (χ1) is 18.1. The highest BCUT2D eigenvalue weighted by Gasteiger charge is 2.48. The van der Waals surface area contributed by atoms with Crippen molar-refractivity contribution < 1.29 is 39.1 Å². The molecule has 9 atom stereocenters. The fourth-order valence-corrected chi connectivity index (χ4v) is 5.16. The van der Waals surface area contributed by atoms with E-state index in [1.54, 1.807) is 13.0 Å². The Labute approximate surface area is 221 Å². The summed E-state index contributed by atoms with van der Waals surface area (Å²) in [6.45, 7) is 3.24. The molecule has 2 amide bonds. The molecule has 0 aliphatic carbocycles. The van der Waals surface area contributed by atoms with Crippen molar-refractivity contribution in [2.24, 2.45) is 5.92 Å². The topological polar surface area (TPSA) is 189 Å². The molecule has 0 aromatic carbocycles. The van der Waals surface area contributed by atoms with Gasteiger partial charge in [0.15, 0.2) is 0 Å². The van der Waals surface area contributed by atoms with E-state index < -0.39 is 54.6 Å². The molecule has 13 heteroatoms. The molecule has 2 aliphatic rings. The second-order valence-corrected chi connectivity index (χ2v) is 10.4. The molecule has 2 saturated heterocycles. The van der Waals surface area contributed by atoms with Crippen LogP contribution in [0.3, 0.4) is 0 Å². The summed E-state index contributed by atoms with van der Waals surface area (Å²) in [6, 6.07) is -0.0769. The van der Waals surface area contributed by atoms with E-state index in [0.717, 1.165) is 25.7 Å². The number of H-pyrrole nitrogens is 1. The summed E-state index contributed by atoms with van der Waals surface area (Å²) in [6.07, 6.45) is -3.77. The number of alkyl halides is 1. The van der Waals surface area contributed by atoms with E-state index in [1.807, 2.05) is 0 Å². The van der Waals surface area contributed by atoms with E-state index in [9.17, 15) is 34.4 Å². The lowest BCUT2D eigenvalue weighted by Crippen LogP contribution is -2.67. The molecule has 3 heterocycles. The Morgan fingerprint density at radius 1 is 1.18 bits per heavy atom. The van der Waals surface area contributed by atoms with Gasteiger partial charge in [0.25, 0.3) is 5.91 Å². The molecule has 0 bridgehead atoms. The van der Waals surface area contributed by atoms with Gasteiger partial charge in [-0.05, 0) is 58.1 Å². The van der Waals surface area contributed by atoms with Crippen molar-refractivity contribution in [3.05, 3.63) is 17.5 Å². The van der Waals surface area contributed by atoms with Crippen molar-refractivity contribution in [1.29, 1.82) is 0 Å². The van der Waals surface area contributed by atoms with Crippen LogP contribution in [0.4, 0.5) is 4.39 Å². The van der Waals surface area contributed by atoms with Gasteiger partial charge in [-0.1, -0.05) is 12.8 Å². The number of hydrogen-bond donors (Lipinski definition) is 8. The SMILES string of the molecule is Cc1cc(C(=O)NCC2O[C@H]([C@H](NC(=O)[C@@H]3CC[C@H](CCCCF)CCN3)[C@@H](C)O)C(O)C(O)[C@H]2O)[nH]n1. The van der Waals surface area contributed by atoms with E-state index in [0.29, 0.717) is 31.0 Å². The third-order valence-corrected chi connectivity index (χ3v) is 7.47. The molecule has 38 heavy (non-hydrogen) atoms. The minimum atomic E-state index is -1.63. The largest absolute Gasteiger partial charge is 0.391 e. The summed E-state index contributed by atoms with van der Waals surface area (Å²) in [7, 11) is 0. The number of rotatable bonds is 11. The lowest BCUT2D eigenvalue weighted by atomic mass is 9.89. The van der Waals surface area contributed by atoms with Crippen LogP contribution in [0.1, 0.15) is 61.6 Å². The summed E-state index contributed by atoms with van der Waals surface area (Å²) in [4.78, 5) is 25.5. The number of aliphatic hydroxyl groups excluding tert-OH is 4. The van der Waals surface area contributed by atoms with Crippen molar-refractivity contribution in [2.75, 3.05) is 19.8 Å². The molecule has 0 spiro atoms. The van der Waals surface area contributed by atoms with Crippen LogP contribution < -0.4 is 16.0 Å². The number of halogens is 1. The fourth-order valence-electron chi connectivity index (χ4n) is 5.16. The Bertz CT molecular complexity index is 903. The standard InChI is InChI=1S/C25H42FN5O7/c1-13-11-17(31-30-13)24(36)28-12-18-20(33)21(34)22(35)23(38-18)19(14(2)32)29-25(37)16-7-6-15(8-10-27-16)5-3-4-9-26/h11,14-16,18-23,27,32-35H,3-10,12H2,1-2H3,(H,28,36)(H,29,37)(H,30,31)/t14-,15+,16+,18?,19-,20+,21?,22?,23-/m1/s1. The van der Waals surface area contributed by atoms with Gasteiger partial charge >= 0.3 is 0 Å². The number of amides is 2. The zero-order chi connectivity index (χ0) is 27.8. The molecule has 0 saturated carbocycles. The van der Waals surface area contributed by atoms with Gasteiger partial charge in [0, 0.05) is 6.54 Å². The maximum absolute atomic E-state index is 13.1. The number of hydrogen-bond acceptors (Lipinski definition) is 9. The Kier molecular flexibility index (Phi) is 11.4. The fraction of sp³-hybridized carbons (Fsp3) is 0.800. The van der Waals surface area contributed by atoms with Gasteiger partial charge in [0.2, 0.25) is 5.91 Å². The molecule has 2 fully saturated rings. The number of aromatic amines is 1. The van der Waals surface area contributed by atoms with Crippen LogP contribution in [-0.2, 0) is 9.53 Å². The van der Waals surface area contributed by atoms with Crippen LogP contribution in [0.5, 0.6) is 0 Å². The molecule has 0 radical (unpaired) electrons. The summed E-state index contributed by atoms with van der Waals surface area (Å²) in [5, 5.41) is 57.1. The van der Waals surface area contributed by atoms with E-state index in [-0.39, 0.29) is 24.8 Å². The van der Waals surface area contributed by atoms with Crippen LogP contribution in [0, 0.1) is 12.8 Å². The third kappa shape index (κ3) is 7.93. The Morgan fingerprint density at radius 2 is 1.95 bits per heavy atom. The highest BCUT2D eigenvalue weighted by Crippen LogP contribution is 2.26. The van der Waals surface area contributed by atoms with E-state index in [4.69, 9.17) is 4.74 Å². The maximum Gasteiger partial charge on any atom is 0.269 e. The molecule has 2 aliphatic heterocycles. The van der Waals surface area contributed by atoms with Crippen molar-refractivity contribution in [3.63, 3.8) is 0 Å². The monoisotopic (exact) mass is 543 g/mol. The Hall–Kier alpha value is -2.16. The smallest absolute Gasteiger partial charge is 0.269 e. The third-order valence-electron chi connectivity index (χ3n) is 7.47. The number of aliphatic hydroxyl groups is 4. The molecular weight excluding hydrogens is 501 g/mol. The average Bonchev–Trinajstić information content (AvgIpc) is 3.19. The number of carbonyl (C=O) groups is 2. The number of nitrogens with zero attached hydrogens (tertiary/aromatic N) is 1. The normalized spacial score (nSPS) is 31.7. The number of nitrogens with one attached hydrogen (secondary N) is 4. The van der Waals surface area contributed by atoms with Crippen LogP contribution in [0.15, 0.2) is 6.07 Å². The zero-order valence-corrected chi connectivity index (χ0v) is 22.0. The van der Waals surface area contributed by atoms with Gasteiger partial charge < -0.3 is 41.1 Å². The quantitative estimate of drug-likeness (QED) is 0.163. The Balaban J connectivity index is 1.61. The summed E-state index contributed by atoms with van der Waals surface area (Å²) in [5.74, 6) is -0.473. The number of aromatic nitrogens is 2. The average molecular weight is 544 g/mol. The lowest BCUT2D eigenvalue weighted by Gasteiger charge is -2.44. The van der Waals surface area contributed by atoms with E-state index in [1.165, 1.54) is 6.92 Å². The number of ether oxygens (including phenoxy) is 1. The number of aryl methyl sites for hydroxylation is 1. The summed E-state index contributed by atoms with van der Waals surface area (Å²) < 4.78 is 18.3. The molecule has 3 rings (SSSR count). The molecule has 1 aromatic rings.